The van der Waals surface area contributed by atoms with Crippen LogP contribution in [0.5, 0.6) is 0 Å². The van der Waals surface area contributed by atoms with Crippen molar-refractivity contribution in [2.24, 2.45) is 5.92 Å². The maximum absolute atomic E-state index is 11.1. The largest absolute Gasteiger partial charge is 0.478 e. The zero-order valence-corrected chi connectivity index (χ0v) is 11.7. The quantitative estimate of drug-likeness (QED) is 0.640. The number of aliphatic hydroxyl groups is 1. The van der Waals surface area contributed by atoms with Crippen molar-refractivity contribution in [3.05, 3.63) is 22.8 Å². The van der Waals surface area contributed by atoms with E-state index >= 15 is 0 Å². The van der Waals surface area contributed by atoms with Crippen LogP contribution < -0.4 is 5.32 Å². The molecule has 0 saturated carbocycles. The van der Waals surface area contributed by atoms with Crippen LogP contribution in [-0.2, 0) is 0 Å². The van der Waals surface area contributed by atoms with Gasteiger partial charge in [0, 0.05) is 13.2 Å². The van der Waals surface area contributed by atoms with Crippen molar-refractivity contribution in [2.45, 2.75) is 26.2 Å². The van der Waals surface area contributed by atoms with Gasteiger partial charge in [0.25, 0.3) is 0 Å². The van der Waals surface area contributed by atoms with E-state index in [1.807, 2.05) is 0 Å². The number of halogens is 1. The van der Waals surface area contributed by atoms with E-state index in [1.165, 1.54) is 12.1 Å². The van der Waals surface area contributed by atoms with E-state index in [2.05, 4.69) is 17.2 Å². The number of anilines is 1. The number of hydrogen-bond acceptors (Lipinski definition) is 4. The van der Waals surface area contributed by atoms with E-state index in [0.29, 0.717) is 13.0 Å². The Kier molecular flexibility index (Phi) is 6.59. The van der Waals surface area contributed by atoms with Crippen molar-refractivity contribution >= 4 is 23.4 Å². The van der Waals surface area contributed by atoms with Gasteiger partial charge >= 0.3 is 5.97 Å². The summed E-state index contributed by atoms with van der Waals surface area (Å²) in [5.74, 6) is -0.475. The molecule has 0 spiro atoms. The highest BCUT2D eigenvalue weighted by Crippen LogP contribution is 2.18. The third-order valence-electron chi connectivity index (χ3n) is 2.88. The number of aromatic carboxylic acids is 1. The van der Waals surface area contributed by atoms with Crippen LogP contribution in [0.4, 0.5) is 5.82 Å². The van der Waals surface area contributed by atoms with Crippen LogP contribution in [0.1, 0.15) is 36.5 Å². The molecule has 0 saturated heterocycles. The summed E-state index contributed by atoms with van der Waals surface area (Å²) in [5, 5.41) is 21.3. The Balaban J connectivity index is 2.74. The molecule has 6 heteroatoms. The number of nitrogens with zero attached hydrogens (tertiary/aromatic N) is 1. The maximum atomic E-state index is 11.1. The molecule has 3 N–H and O–H groups in total. The van der Waals surface area contributed by atoms with Crippen molar-refractivity contribution in [3.63, 3.8) is 0 Å². The highest BCUT2D eigenvalue weighted by molar-refractivity contribution is 6.29. The van der Waals surface area contributed by atoms with Gasteiger partial charge < -0.3 is 15.5 Å². The molecule has 1 heterocycles. The molecule has 5 nitrogen and oxygen atoms in total. The smallest absolute Gasteiger partial charge is 0.339 e. The Morgan fingerprint density at radius 3 is 2.79 bits per heavy atom. The fourth-order valence-electron chi connectivity index (χ4n) is 1.92. The van der Waals surface area contributed by atoms with Crippen molar-refractivity contribution in [3.8, 4) is 0 Å². The Morgan fingerprint density at radius 1 is 1.47 bits per heavy atom. The summed E-state index contributed by atoms with van der Waals surface area (Å²) in [6.07, 6.45) is 2.67. The molecular formula is C13H19ClN2O3. The van der Waals surface area contributed by atoms with Crippen LogP contribution in [0, 0.1) is 5.92 Å². The molecule has 0 bridgehead atoms. The lowest BCUT2D eigenvalue weighted by atomic mass is 10.0. The number of carboxylic acid groups (broad SMARTS) is 1. The van der Waals surface area contributed by atoms with Crippen LogP contribution >= 0.6 is 11.6 Å². The molecule has 0 aliphatic carbocycles. The summed E-state index contributed by atoms with van der Waals surface area (Å²) in [5.41, 5.74) is 0.101. The molecule has 1 aromatic heterocycles. The second-order valence-electron chi connectivity index (χ2n) is 4.38. The molecule has 106 valence electrons. The first-order chi connectivity index (χ1) is 9.08. The maximum Gasteiger partial charge on any atom is 0.339 e. The summed E-state index contributed by atoms with van der Waals surface area (Å²) in [6, 6.07) is 2.88. The number of pyridine rings is 1. The first kappa shape index (κ1) is 15.7. The summed E-state index contributed by atoms with van der Waals surface area (Å²) in [6.45, 7) is 2.77. The van der Waals surface area contributed by atoms with Crippen LogP contribution in [-0.4, -0.2) is 34.3 Å². The Morgan fingerprint density at radius 2 is 2.21 bits per heavy atom. The second kappa shape index (κ2) is 7.96. The second-order valence-corrected chi connectivity index (χ2v) is 4.77. The molecule has 0 aliphatic rings. The van der Waals surface area contributed by atoms with Gasteiger partial charge in [0.2, 0.25) is 0 Å². The Hall–Kier alpha value is -1.33. The minimum atomic E-state index is -1.04. The van der Waals surface area contributed by atoms with Gasteiger partial charge in [-0.2, -0.15) is 0 Å². The molecule has 0 fully saturated rings. The Bertz CT molecular complexity index is 420. The number of aromatic nitrogens is 1. The predicted molar refractivity (Wildman–Crippen MR) is 74.8 cm³/mol. The summed E-state index contributed by atoms with van der Waals surface area (Å²) in [7, 11) is 0. The number of carboxylic acids is 1. The SMILES string of the molecule is CCCC(CCO)CNc1nc(Cl)ccc1C(=O)O. The van der Waals surface area contributed by atoms with E-state index in [9.17, 15) is 4.79 Å². The van der Waals surface area contributed by atoms with Crippen LogP contribution in [0.25, 0.3) is 0 Å². The number of carbonyl (C=O) groups is 1. The first-order valence-corrected chi connectivity index (χ1v) is 6.70. The molecule has 1 atom stereocenters. The zero-order chi connectivity index (χ0) is 14.3. The van der Waals surface area contributed by atoms with Gasteiger partial charge in [-0.25, -0.2) is 9.78 Å². The molecule has 0 amide bonds. The summed E-state index contributed by atoms with van der Waals surface area (Å²) in [4.78, 5) is 15.1. The van der Waals surface area contributed by atoms with Crippen LogP contribution in [0.2, 0.25) is 5.15 Å². The lowest BCUT2D eigenvalue weighted by Gasteiger charge is -2.17. The molecule has 0 radical (unpaired) electrons. The lowest BCUT2D eigenvalue weighted by Crippen LogP contribution is -2.18. The van der Waals surface area contributed by atoms with Gasteiger partial charge in [-0.1, -0.05) is 24.9 Å². The molecule has 1 aromatic rings. The van der Waals surface area contributed by atoms with Crippen LogP contribution in [0.15, 0.2) is 12.1 Å². The third-order valence-corrected chi connectivity index (χ3v) is 3.09. The minimum absolute atomic E-state index is 0.101. The van der Waals surface area contributed by atoms with Crippen molar-refractivity contribution < 1.29 is 15.0 Å². The van der Waals surface area contributed by atoms with E-state index in [4.69, 9.17) is 21.8 Å². The summed E-state index contributed by atoms with van der Waals surface area (Å²) < 4.78 is 0. The number of hydrogen-bond donors (Lipinski definition) is 3. The number of rotatable bonds is 8. The normalized spacial score (nSPS) is 12.2. The standard InChI is InChI=1S/C13H19ClN2O3/c1-2-3-9(6-7-17)8-15-12-10(13(18)19)4-5-11(14)16-12/h4-5,9,17H,2-3,6-8H2,1H3,(H,15,16)(H,18,19). The van der Waals surface area contributed by atoms with E-state index < -0.39 is 5.97 Å². The third kappa shape index (κ3) is 5.04. The fourth-order valence-corrected chi connectivity index (χ4v) is 2.07. The molecule has 0 aliphatic heterocycles. The van der Waals surface area contributed by atoms with Gasteiger partial charge in [0.1, 0.15) is 16.5 Å². The average molecular weight is 287 g/mol. The Labute approximate surface area is 117 Å². The van der Waals surface area contributed by atoms with E-state index in [-0.39, 0.29) is 29.1 Å². The number of aliphatic hydroxyl groups excluding tert-OH is 1. The number of nitrogens with one attached hydrogen (secondary N) is 1. The molecule has 19 heavy (non-hydrogen) atoms. The van der Waals surface area contributed by atoms with Gasteiger partial charge in [0.05, 0.1) is 0 Å². The molecular weight excluding hydrogens is 268 g/mol. The monoisotopic (exact) mass is 286 g/mol. The van der Waals surface area contributed by atoms with Crippen molar-refractivity contribution in [1.82, 2.24) is 4.98 Å². The van der Waals surface area contributed by atoms with Crippen molar-refractivity contribution in [2.75, 3.05) is 18.5 Å². The van der Waals surface area contributed by atoms with Gasteiger partial charge in [-0.05, 0) is 30.9 Å². The predicted octanol–water partition coefficient (Wildman–Crippen LogP) is 2.64. The lowest BCUT2D eigenvalue weighted by molar-refractivity contribution is 0.0697. The van der Waals surface area contributed by atoms with Crippen LogP contribution in [0.3, 0.4) is 0 Å². The van der Waals surface area contributed by atoms with Gasteiger partial charge in [-0.3, -0.25) is 0 Å². The van der Waals surface area contributed by atoms with Crippen molar-refractivity contribution in [1.29, 1.82) is 0 Å². The molecule has 1 rings (SSSR count). The molecule has 0 aromatic carbocycles. The fraction of sp³-hybridized carbons (Fsp3) is 0.538. The minimum Gasteiger partial charge on any atom is -0.478 e. The highest BCUT2D eigenvalue weighted by Gasteiger charge is 2.14. The topological polar surface area (TPSA) is 82.5 Å². The average Bonchev–Trinajstić information content (AvgIpc) is 2.36. The zero-order valence-electron chi connectivity index (χ0n) is 10.9. The highest BCUT2D eigenvalue weighted by atomic mass is 35.5. The van der Waals surface area contributed by atoms with Gasteiger partial charge in [-0.15, -0.1) is 0 Å². The van der Waals surface area contributed by atoms with E-state index in [1.54, 1.807) is 0 Å². The molecule has 1 unspecified atom stereocenters. The van der Waals surface area contributed by atoms with Gasteiger partial charge in [0.15, 0.2) is 0 Å². The summed E-state index contributed by atoms with van der Waals surface area (Å²) >= 11 is 5.78. The first-order valence-electron chi connectivity index (χ1n) is 6.33. The van der Waals surface area contributed by atoms with E-state index in [0.717, 1.165) is 12.8 Å².